The number of anilines is 1. The highest BCUT2D eigenvalue weighted by Gasteiger charge is 2.12. The fourth-order valence-electron chi connectivity index (χ4n) is 2.57. The van der Waals surface area contributed by atoms with Gasteiger partial charge in [0.05, 0.1) is 13.0 Å². The summed E-state index contributed by atoms with van der Waals surface area (Å²) in [5, 5.41) is 2.87. The number of aryl methyl sites for hydroxylation is 2. The van der Waals surface area contributed by atoms with Crippen molar-refractivity contribution in [3.05, 3.63) is 59.7 Å². The Morgan fingerprint density at radius 2 is 1.58 bits per heavy atom. The number of hydrogen-bond donors (Lipinski definition) is 1. The molecule has 1 N–H and O–H groups in total. The third kappa shape index (κ3) is 5.92. The Labute approximate surface area is 154 Å². The maximum Gasteiger partial charge on any atom is 0.309 e. The van der Waals surface area contributed by atoms with E-state index in [9.17, 15) is 9.59 Å². The van der Waals surface area contributed by atoms with Crippen LogP contribution < -0.4 is 10.1 Å². The molecule has 0 heterocycles. The van der Waals surface area contributed by atoms with Crippen LogP contribution >= 0.6 is 0 Å². The standard InChI is InChI=1S/C21H25NO4/c1-3-16-9-8-10-17(4-2)21(16)22-19(23)15-26-20(24)13-14-25-18-11-6-5-7-12-18/h5-12H,3-4,13-15H2,1-2H3,(H,22,23). The van der Waals surface area contributed by atoms with Gasteiger partial charge in [-0.15, -0.1) is 0 Å². The van der Waals surface area contributed by atoms with Crippen molar-refractivity contribution in [2.75, 3.05) is 18.5 Å². The second kappa shape index (κ2) is 10.2. The van der Waals surface area contributed by atoms with E-state index in [0.717, 1.165) is 29.7 Å². The van der Waals surface area contributed by atoms with Gasteiger partial charge in [-0.3, -0.25) is 9.59 Å². The van der Waals surface area contributed by atoms with Crippen LogP contribution in [0.4, 0.5) is 5.69 Å². The number of amides is 1. The molecule has 1 amide bonds. The Hall–Kier alpha value is -2.82. The lowest BCUT2D eigenvalue weighted by molar-refractivity contribution is -0.147. The summed E-state index contributed by atoms with van der Waals surface area (Å²) in [7, 11) is 0. The number of carbonyl (C=O) groups excluding carboxylic acids is 2. The molecule has 0 unspecified atom stereocenters. The first kappa shape index (κ1) is 19.5. The molecule has 0 aliphatic heterocycles. The molecule has 0 saturated heterocycles. The van der Waals surface area contributed by atoms with Crippen LogP contribution in [0.15, 0.2) is 48.5 Å². The molecule has 0 aromatic heterocycles. The van der Waals surface area contributed by atoms with Crippen LogP contribution in [0, 0.1) is 0 Å². The third-order valence-corrected chi connectivity index (χ3v) is 3.95. The maximum absolute atomic E-state index is 12.1. The molecule has 0 spiro atoms. The summed E-state index contributed by atoms with van der Waals surface area (Å²) in [5.74, 6) is -0.102. The van der Waals surface area contributed by atoms with Crippen LogP contribution in [0.2, 0.25) is 0 Å². The second-order valence-electron chi connectivity index (χ2n) is 5.78. The number of hydrogen-bond acceptors (Lipinski definition) is 4. The second-order valence-corrected chi connectivity index (χ2v) is 5.78. The summed E-state index contributed by atoms with van der Waals surface area (Å²) in [6.07, 6.45) is 1.73. The topological polar surface area (TPSA) is 64.6 Å². The highest BCUT2D eigenvalue weighted by molar-refractivity contribution is 5.94. The number of ether oxygens (including phenoxy) is 2. The quantitative estimate of drug-likeness (QED) is 0.696. The lowest BCUT2D eigenvalue weighted by Crippen LogP contribution is -2.23. The van der Waals surface area contributed by atoms with E-state index in [2.05, 4.69) is 5.32 Å². The van der Waals surface area contributed by atoms with Crippen molar-refractivity contribution in [3.63, 3.8) is 0 Å². The SMILES string of the molecule is CCc1cccc(CC)c1NC(=O)COC(=O)CCOc1ccccc1. The van der Waals surface area contributed by atoms with E-state index in [-0.39, 0.29) is 25.5 Å². The monoisotopic (exact) mass is 355 g/mol. The normalized spacial score (nSPS) is 10.2. The third-order valence-electron chi connectivity index (χ3n) is 3.95. The minimum atomic E-state index is -0.462. The van der Waals surface area contributed by atoms with Gasteiger partial charge < -0.3 is 14.8 Å². The Kier molecular flexibility index (Phi) is 7.68. The summed E-state index contributed by atoms with van der Waals surface area (Å²) in [5.41, 5.74) is 2.96. The highest BCUT2D eigenvalue weighted by atomic mass is 16.5. The molecule has 2 aromatic carbocycles. The average Bonchev–Trinajstić information content (AvgIpc) is 2.67. The van der Waals surface area contributed by atoms with Crippen LogP contribution in [0.25, 0.3) is 0 Å². The van der Waals surface area contributed by atoms with Crippen LogP contribution in [-0.2, 0) is 27.2 Å². The minimum Gasteiger partial charge on any atom is -0.493 e. The zero-order valence-corrected chi connectivity index (χ0v) is 15.3. The first-order valence-electron chi connectivity index (χ1n) is 8.88. The van der Waals surface area contributed by atoms with Gasteiger partial charge in [0.2, 0.25) is 0 Å². The molecule has 2 aromatic rings. The van der Waals surface area contributed by atoms with Crippen LogP contribution in [-0.4, -0.2) is 25.1 Å². The van der Waals surface area contributed by atoms with E-state index >= 15 is 0 Å². The first-order valence-corrected chi connectivity index (χ1v) is 8.88. The van der Waals surface area contributed by atoms with E-state index < -0.39 is 5.97 Å². The molecule has 5 heteroatoms. The van der Waals surface area contributed by atoms with Gasteiger partial charge in [0.15, 0.2) is 6.61 Å². The summed E-state index contributed by atoms with van der Waals surface area (Å²) < 4.78 is 10.5. The molecule has 26 heavy (non-hydrogen) atoms. The molecule has 0 aliphatic carbocycles. The van der Waals surface area contributed by atoms with Crippen molar-refractivity contribution in [1.29, 1.82) is 0 Å². The van der Waals surface area contributed by atoms with E-state index in [1.807, 2.05) is 62.4 Å². The van der Waals surface area contributed by atoms with Gasteiger partial charge in [-0.05, 0) is 36.1 Å². The summed E-state index contributed by atoms with van der Waals surface area (Å²) in [6, 6.07) is 15.2. The molecular formula is C21H25NO4. The lowest BCUT2D eigenvalue weighted by Gasteiger charge is -2.14. The van der Waals surface area contributed by atoms with Gasteiger partial charge in [0.1, 0.15) is 5.75 Å². The van der Waals surface area contributed by atoms with Gasteiger partial charge in [0.25, 0.3) is 5.91 Å². The van der Waals surface area contributed by atoms with E-state index in [1.165, 1.54) is 0 Å². The lowest BCUT2D eigenvalue weighted by atomic mass is 10.0. The largest absolute Gasteiger partial charge is 0.493 e. The van der Waals surface area contributed by atoms with Crippen LogP contribution in [0.3, 0.4) is 0 Å². The van der Waals surface area contributed by atoms with Gasteiger partial charge in [-0.1, -0.05) is 50.2 Å². The molecule has 2 rings (SSSR count). The molecule has 138 valence electrons. The molecule has 0 aliphatic rings. The van der Waals surface area contributed by atoms with Crippen molar-refractivity contribution in [2.45, 2.75) is 33.1 Å². The number of nitrogens with one attached hydrogen (secondary N) is 1. The van der Waals surface area contributed by atoms with Crippen molar-refractivity contribution >= 4 is 17.6 Å². The smallest absolute Gasteiger partial charge is 0.309 e. The highest BCUT2D eigenvalue weighted by Crippen LogP contribution is 2.22. The molecule has 0 fully saturated rings. The van der Waals surface area contributed by atoms with Crippen LogP contribution in [0.5, 0.6) is 5.75 Å². The maximum atomic E-state index is 12.1. The average molecular weight is 355 g/mol. The number of para-hydroxylation sites is 2. The molecule has 0 atom stereocenters. The van der Waals surface area contributed by atoms with Gasteiger partial charge in [-0.25, -0.2) is 0 Å². The Balaban J connectivity index is 1.77. The Bertz CT molecular complexity index is 706. The molecular weight excluding hydrogens is 330 g/mol. The minimum absolute atomic E-state index is 0.0912. The fourth-order valence-corrected chi connectivity index (χ4v) is 2.57. The van der Waals surface area contributed by atoms with Crippen molar-refractivity contribution in [3.8, 4) is 5.75 Å². The molecule has 0 bridgehead atoms. The van der Waals surface area contributed by atoms with Gasteiger partial charge >= 0.3 is 5.97 Å². The van der Waals surface area contributed by atoms with Gasteiger partial charge in [-0.2, -0.15) is 0 Å². The Morgan fingerprint density at radius 1 is 0.923 bits per heavy atom. The van der Waals surface area contributed by atoms with E-state index in [1.54, 1.807) is 0 Å². The van der Waals surface area contributed by atoms with Gasteiger partial charge in [0, 0.05) is 5.69 Å². The molecule has 5 nitrogen and oxygen atoms in total. The Morgan fingerprint density at radius 3 is 2.19 bits per heavy atom. The van der Waals surface area contributed by atoms with Crippen molar-refractivity contribution in [1.82, 2.24) is 0 Å². The number of carbonyl (C=O) groups is 2. The number of rotatable bonds is 9. The molecule has 0 radical (unpaired) electrons. The zero-order valence-electron chi connectivity index (χ0n) is 15.3. The summed E-state index contributed by atoms with van der Waals surface area (Å²) in [4.78, 5) is 23.9. The van der Waals surface area contributed by atoms with E-state index in [0.29, 0.717) is 5.75 Å². The number of esters is 1. The predicted octanol–water partition coefficient (Wildman–Crippen LogP) is 3.76. The molecule has 0 saturated carbocycles. The van der Waals surface area contributed by atoms with Crippen molar-refractivity contribution < 1.29 is 19.1 Å². The summed E-state index contributed by atoms with van der Waals surface area (Å²) >= 11 is 0. The predicted molar refractivity (Wildman–Crippen MR) is 101 cm³/mol. The van der Waals surface area contributed by atoms with Crippen molar-refractivity contribution in [2.24, 2.45) is 0 Å². The summed E-state index contributed by atoms with van der Waals surface area (Å²) in [6.45, 7) is 3.99. The van der Waals surface area contributed by atoms with Crippen LogP contribution in [0.1, 0.15) is 31.4 Å². The number of benzene rings is 2. The van der Waals surface area contributed by atoms with E-state index in [4.69, 9.17) is 9.47 Å². The zero-order chi connectivity index (χ0) is 18.8. The first-order chi connectivity index (χ1) is 12.6. The fraction of sp³-hybridized carbons (Fsp3) is 0.333.